The van der Waals surface area contributed by atoms with Crippen LogP contribution in [0.3, 0.4) is 0 Å². The Kier molecular flexibility index (Phi) is 3.70. The lowest BCUT2D eigenvalue weighted by Gasteiger charge is -2.47. The Morgan fingerprint density at radius 2 is 2.35 bits per heavy atom. The molecule has 2 aliphatic rings. The lowest BCUT2D eigenvalue weighted by atomic mass is 9.84. The molecule has 0 amide bonds. The van der Waals surface area contributed by atoms with E-state index in [4.69, 9.17) is 9.84 Å². The van der Waals surface area contributed by atoms with Gasteiger partial charge in [0, 0.05) is 19.6 Å². The summed E-state index contributed by atoms with van der Waals surface area (Å²) in [7, 11) is 0. The van der Waals surface area contributed by atoms with Gasteiger partial charge in [0.15, 0.2) is 0 Å². The van der Waals surface area contributed by atoms with Crippen LogP contribution in [0.5, 0.6) is 0 Å². The molecule has 2 rings (SSSR count). The molecule has 0 saturated carbocycles. The van der Waals surface area contributed by atoms with E-state index in [-0.39, 0.29) is 11.7 Å². The van der Waals surface area contributed by atoms with Crippen molar-refractivity contribution < 1.29 is 19.7 Å². The first-order valence-electron chi connectivity index (χ1n) is 6.31. The third kappa shape index (κ3) is 2.78. The molecular formula is C12H21NO4. The van der Waals surface area contributed by atoms with Crippen molar-refractivity contribution >= 4 is 5.97 Å². The fourth-order valence-corrected chi connectivity index (χ4v) is 2.91. The number of aliphatic carboxylic acids is 1. The van der Waals surface area contributed by atoms with Gasteiger partial charge in [0.1, 0.15) is 6.04 Å². The minimum atomic E-state index is -0.793. The maximum Gasteiger partial charge on any atom is 0.320 e. The standard InChI is InChI=1S/C12H21NO4/c1-9(11(15)16)13-5-2-4-12(8-13)7-10(14)3-6-17-12/h9-10,14H,2-8H2,1H3,(H,15,16)/t9-,10-,12-/m1/s1. The molecule has 2 N–H and O–H groups in total. The molecule has 5 nitrogen and oxygen atoms in total. The number of ether oxygens (including phenoxy) is 1. The zero-order valence-electron chi connectivity index (χ0n) is 10.3. The van der Waals surface area contributed by atoms with E-state index in [1.807, 2.05) is 4.90 Å². The van der Waals surface area contributed by atoms with Gasteiger partial charge in [0.05, 0.1) is 11.7 Å². The van der Waals surface area contributed by atoms with Crippen molar-refractivity contribution in [3.8, 4) is 0 Å². The monoisotopic (exact) mass is 243 g/mol. The summed E-state index contributed by atoms with van der Waals surface area (Å²) in [5.74, 6) is -0.793. The number of carbonyl (C=O) groups is 1. The van der Waals surface area contributed by atoms with E-state index < -0.39 is 12.0 Å². The molecule has 2 heterocycles. The molecule has 3 atom stereocenters. The highest BCUT2D eigenvalue weighted by Crippen LogP contribution is 2.34. The Balaban J connectivity index is 2.03. The molecule has 0 unspecified atom stereocenters. The van der Waals surface area contributed by atoms with E-state index in [1.165, 1.54) is 0 Å². The maximum atomic E-state index is 11.0. The fraction of sp³-hybridized carbons (Fsp3) is 0.917. The molecule has 98 valence electrons. The molecule has 2 fully saturated rings. The van der Waals surface area contributed by atoms with Gasteiger partial charge in [-0.2, -0.15) is 0 Å². The molecule has 0 aromatic heterocycles. The van der Waals surface area contributed by atoms with Crippen LogP contribution in [0.2, 0.25) is 0 Å². The summed E-state index contributed by atoms with van der Waals surface area (Å²) in [4.78, 5) is 13.0. The average molecular weight is 243 g/mol. The second-order valence-electron chi connectivity index (χ2n) is 5.27. The first-order valence-corrected chi connectivity index (χ1v) is 6.31. The summed E-state index contributed by atoms with van der Waals surface area (Å²) in [6, 6.07) is -0.477. The number of likely N-dealkylation sites (tertiary alicyclic amines) is 1. The van der Waals surface area contributed by atoms with Crippen molar-refractivity contribution in [2.75, 3.05) is 19.7 Å². The molecular weight excluding hydrogens is 222 g/mol. The number of nitrogens with zero attached hydrogens (tertiary/aromatic N) is 1. The molecule has 17 heavy (non-hydrogen) atoms. The van der Waals surface area contributed by atoms with Gasteiger partial charge in [0.2, 0.25) is 0 Å². The lowest BCUT2D eigenvalue weighted by Crippen LogP contribution is -2.57. The van der Waals surface area contributed by atoms with Crippen LogP contribution in [0, 0.1) is 0 Å². The normalized spacial score (nSPS) is 36.9. The summed E-state index contributed by atoms with van der Waals surface area (Å²) < 4.78 is 5.84. The zero-order chi connectivity index (χ0) is 12.5. The van der Waals surface area contributed by atoms with Crippen molar-refractivity contribution in [3.05, 3.63) is 0 Å². The molecule has 0 radical (unpaired) electrons. The van der Waals surface area contributed by atoms with Crippen LogP contribution >= 0.6 is 0 Å². The Morgan fingerprint density at radius 1 is 1.59 bits per heavy atom. The highest BCUT2D eigenvalue weighted by Gasteiger charge is 2.42. The summed E-state index contributed by atoms with van der Waals surface area (Å²) in [5, 5.41) is 18.8. The van der Waals surface area contributed by atoms with Gasteiger partial charge in [-0.05, 0) is 32.7 Å². The van der Waals surface area contributed by atoms with Gasteiger partial charge in [-0.15, -0.1) is 0 Å². The van der Waals surface area contributed by atoms with Crippen LogP contribution in [0.1, 0.15) is 32.6 Å². The smallest absolute Gasteiger partial charge is 0.320 e. The lowest BCUT2D eigenvalue weighted by molar-refractivity contribution is -0.160. The zero-order valence-corrected chi connectivity index (χ0v) is 10.3. The van der Waals surface area contributed by atoms with Gasteiger partial charge in [-0.1, -0.05) is 0 Å². The van der Waals surface area contributed by atoms with Crippen LogP contribution in [0.25, 0.3) is 0 Å². The van der Waals surface area contributed by atoms with Gasteiger partial charge in [0.25, 0.3) is 0 Å². The van der Waals surface area contributed by atoms with E-state index in [0.29, 0.717) is 26.0 Å². The number of hydrogen-bond acceptors (Lipinski definition) is 4. The summed E-state index contributed by atoms with van der Waals surface area (Å²) >= 11 is 0. The number of aliphatic hydroxyl groups excluding tert-OH is 1. The summed E-state index contributed by atoms with van der Waals surface area (Å²) in [6.45, 7) is 3.71. The molecule has 0 aromatic rings. The topological polar surface area (TPSA) is 70.0 Å². The van der Waals surface area contributed by atoms with Crippen molar-refractivity contribution in [1.29, 1.82) is 0 Å². The molecule has 5 heteroatoms. The highest BCUT2D eigenvalue weighted by atomic mass is 16.5. The van der Waals surface area contributed by atoms with Crippen LogP contribution in [0.4, 0.5) is 0 Å². The van der Waals surface area contributed by atoms with E-state index in [2.05, 4.69) is 0 Å². The van der Waals surface area contributed by atoms with Gasteiger partial charge in [-0.25, -0.2) is 0 Å². The number of piperidine rings is 1. The predicted molar refractivity (Wildman–Crippen MR) is 61.8 cm³/mol. The minimum Gasteiger partial charge on any atom is -0.480 e. The van der Waals surface area contributed by atoms with Crippen molar-refractivity contribution in [2.45, 2.75) is 50.4 Å². The molecule has 2 saturated heterocycles. The quantitative estimate of drug-likeness (QED) is 0.737. The van der Waals surface area contributed by atoms with Gasteiger partial charge in [-0.3, -0.25) is 9.69 Å². The second-order valence-corrected chi connectivity index (χ2v) is 5.27. The minimum absolute atomic E-state index is 0.302. The van der Waals surface area contributed by atoms with Gasteiger partial charge < -0.3 is 14.9 Å². The highest BCUT2D eigenvalue weighted by molar-refractivity contribution is 5.72. The first-order chi connectivity index (χ1) is 8.02. The van der Waals surface area contributed by atoms with Crippen molar-refractivity contribution in [2.24, 2.45) is 0 Å². The SMILES string of the molecule is C[C@H](C(=O)O)N1CCC[C@@]2(C[C@H](O)CCO2)C1. The summed E-state index contributed by atoms with van der Waals surface area (Å²) in [6.07, 6.45) is 2.88. The van der Waals surface area contributed by atoms with Crippen LogP contribution < -0.4 is 0 Å². The Hall–Kier alpha value is -0.650. The number of aliphatic hydroxyl groups is 1. The molecule has 0 aromatic carbocycles. The third-order valence-electron chi connectivity index (χ3n) is 3.94. The maximum absolute atomic E-state index is 11.0. The van der Waals surface area contributed by atoms with E-state index in [9.17, 15) is 9.90 Å². The van der Waals surface area contributed by atoms with Crippen LogP contribution in [0.15, 0.2) is 0 Å². The van der Waals surface area contributed by atoms with E-state index in [0.717, 1.165) is 19.4 Å². The molecule has 2 aliphatic heterocycles. The fourth-order valence-electron chi connectivity index (χ4n) is 2.91. The van der Waals surface area contributed by atoms with Crippen LogP contribution in [-0.2, 0) is 9.53 Å². The number of rotatable bonds is 2. The predicted octanol–water partition coefficient (Wildman–Crippen LogP) is 0.465. The Labute approximate surface area is 101 Å². The molecule has 1 spiro atoms. The van der Waals surface area contributed by atoms with E-state index >= 15 is 0 Å². The largest absolute Gasteiger partial charge is 0.480 e. The number of hydrogen-bond donors (Lipinski definition) is 2. The first kappa shape index (κ1) is 12.8. The van der Waals surface area contributed by atoms with Crippen molar-refractivity contribution in [3.63, 3.8) is 0 Å². The second kappa shape index (κ2) is 4.92. The summed E-state index contributed by atoms with van der Waals surface area (Å²) in [5.41, 5.74) is -0.320. The van der Waals surface area contributed by atoms with E-state index in [1.54, 1.807) is 6.92 Å². The Bertz CT molecular complexity index is 292. The average Bonchev–Trinajstić information content (AvgIpc) is 2.27. The number of carboxylic acids is 1. The molecule has 0 aliphatic carbocycles. The number of carboxylic acid groups (broad SMARTS) is 1. The van der Waals surface area contributed by atoms with Crippen molar-refractivity contribution in [1.82, 2.24) is 4.90 Å². The Morgan fingerprint density at radius 3 is 3.00 bits per heavy atom. The van der Waals surface area contributed by atoms with Gasteiger partial charge >= 0.3 is 5.97 Å². The van der Waals surface area contributed by atoms with Crippen LogP contribution in [-0.4, -0.2) is 58.5 Å². The molecule has 0 bridgehead atoms. The third-order valence-corrected chi connectivity index (χ3v) is 3.94.